The van der Waals surface area contributed by atoms with Crippen LogP contribution >= 0.6 is 24.0 Å². The van der Waals surface area contributed by atoms with Crippen molar-refractivity contribution in [1.82, 2.24) is 4.90 Å². The molecule has 0 radical (unpaired) electrons. The topological polar surface area (TPSA) is 107 Å². The molecule has 3 rings (SSSR count). The SMILES string of the molecule is O=C(CN1C(=O)C(=Cc2ccc(F)cc2)SC1=S)Nc1ccc(O)c(C(=O)O)c1. The number of halogens is 1. The van der Waals surface area contributed by atoms with Crippen molar-refractivity contribution < 1.29 is 29.0 Å². The predicted octanol–water partition coefficient (Wildman–Crippen LogP) is 3.07. The molecule has 3 N–H and O–H groups in total. The van der Waals surface area contributed by atoms with E-state index in [0.29, 0.717) is 10.5 Å². The van der Waals surface area contributed by atoms with Crippen molar-refractivity contribution in [2.45, 2.75) is 0 Å². The Morgan fingerprint density at radius 3 is 2.55 bits per heavy atom. The summed E-state index contributed by atoms with van der Waals surface area (Å²) in [7, 11) is 0. The van der Waals surface area contributed by atoms with E-state index in [9.17, 15) is 23.9 Å². The summed E-state index contributed by atoms with van der Waals surface area (Å²) in [5.41, 5.74) is 0.398. The lowest BCUT2D eigenvalue weighted by Crippen LogP contribution is -2.36. The summed E-state index contributed by atoms with van der Waals surface area (Å²) in [4.78, 5) is 37.3. The molecule has 0 bridgehead atoms. The van der Waals surface area contributed by atoms with Crippen LogP contribution in [0.5, 0.6) is 5.75 Å². The monoisotopic (exact) mass is 432 g/mol. The van der Waals surface area contributed by atoms with Gasteiger partial charge in [-0.15, -0.1) is 0 Å². The third-order valence-electron chi connectivity index (χ3n) is 3.85. The molecule has 1 aliphatic heterocycles. The lowest BCUT2D eigenvalue weighted by molar-refractivity contribution is -0.126. The number of aromatic hydroxyl groups is 1. The first kappa shape index (κ1) is 20.5. The molecule has 0 saturated carbocycles. The van der Waals surface area contributed by atoms with Gasteiger partial charge >= 0.3 is 5.97 Å². The first-order valence-corrected chi connectivity index (χ1v) is 9.34. The van der Waals surface area contributed by atoms with Crippen molar-refractivity contribution in [3.8, 4) is 5.75 Å². The van der Waals surface area contributed by atoms with E-state index in [4.69, 9.17) is 17.3 Å². The molecule has 1 heterocycles. The number of carboxylic acid groups (broad SMARTS) is 1. The number of carbonyl (C=O) groups is 3. The fourth-order valence-electron chi connectivity index (χ4n) is 2.48. The van der Waals surface area contributed by atoms with E-state index in [1.165, 1.54) is 30.3 Å². The molecule has 0 spiro atoms. The van der Waals surface area contributed by atoms with Gasteiger partial charge in [0.2, 0.25) is 5.91 Å². The van der Waals surface area contributed by atoms with Crippen molar-refractivity contribution >= 4 is 57.8 Å². The number of nitrogens with one attached hydrogen (secondary N) is 1. The number of nitrogens with zero attached hydrogens (tertiary/aromatic N) is 1. The molecule has 0 aromatic heterocycles. The number of thioether (sulfide) groups is 1. The van der Waals surface area contributed by atoms with Gasteiger partial charge in [0.25, 0.3) is 5.91 Å². The molecule has 1 fully saturated rings. The van der Waals surface area contributed by atoms with Crippen molar-refractivity contribution in [1.29, 1.82) is 0 Å². The average molecular weight is 432 g/mol. The number of thiocarbonyl (C=S) groups is 1. The van der Waals surface area contributed by atoms with Crippen molar-refractivity contribution in [3.63, 3.8) is 0 Å². The number of hydrogen-bond donors (Lipinski definition) is 3. The molecule has 148 valence electrons. The number of rotatable bonds is 5. The van der Waals surface area contributed by atoms with Crippen LogP contribution in [-0.4, -0.2) is 43.8 Å². The fraction of sp³-hybridized carbons (Fsp3) is 0.0526. The Labute approximate surface area is 173 Å². The van der Waals surface area contributed by atoms with Gasteiger partial charge in [-0.1, -0.05) is 36.1 Å². The highest BCUT2D eigenvalue weighted by Gasteiger charge is 2.33. The second kappa shape index (κ2) is 8.41. The number of hydrogen-bond acceptors (Lipinski definition) is 6. The maximum Gasteiger partial charge on any atom is 0.339 e. The Hall–Kier alpha value is -3.24. The number of aromatic carboxylic acids is 1. The minimum atomic E-state index is -1.35. The van der Waals surface area contributed by atoms with E-state index in [0.717, 1.165) is 28.8 Å². The van der Waals surface area contributed by atoms with Crippen molar-refractivity contribution in [2.24, 2.45) is 0 Å². The molecule has 10 heteroatoms. The molecule has 2 aromatic carbocycles. The summed E-state index contributed by atoms with van der Waals surface area (Å²) in [6.45, 7) is -0.366. The van der Waals surface area contributed by atoms with Crippen LogP contribution in [0.15, 0.2) is 47.4 Å². The lowest BCUT2D eigenvalue weighted by Gasteiger charge is -2.14. The first-order valence-electron chi connectivity index (χ1n) is 8.11. The number of carbonyl (C=O) groups excluding carboxylic acids is 2. The van der Waals surface area contributed by atoms with Gasteiger partial charge in [0, 0.05) is 5.69 Å². The number of amides is 2. The summed E-state index contributed by atoms with van der Waals surface area (Å²) in [6, 6.07) is 9.14. The van der Waals surface area contributed by atoms with Crippen LogP contribution in [0, 0.1) is 5.82 Å². The van der Waals surface area contributed by atoms with Gasteiger partial charge in [0.15, 0.2) is 0 Å². The number of phenols is 1. The van der Waals surface area contributed by atoms with Crippen LogP contribution in [0.2, 0.25) is 0 Å². The number of carboxylic acids is 1. The highest BCUT2D eigenvalue weighted by atomic mass is 32.2. The van der Waals surface area contributed by atoms with E-state index >= 15 is 0 Å². The minimum absolute atomic E-state index is 0.150. The Morgan fingerprint density at radius 2 is 1.90 bits per heavy atom. The number of benzene rings is 2. The zero-order valence-corrected chi connectivity index (χ0v) is 16.2. The predicted molar refractivity (Wildman–Crippen MR) is 110 cm³/mol. The van der Waals surface area contributed by atoms with Gasteiger partial charge < -0.3 is 15.5 Å². The standard InChI is InChI=1S/C19H13FN2O5S2/c20-11-3-1-10(2-4-11)7-15-17(25)22(19(28)29-15)9-16(24)21-12-5-6-14(23)13(8-12)18(26)27/h1-8,23H,9H2,(H,21,24)(H,26,27). The molecule has 0 atom stereocenters. The molecule has 2 amide bonds. The van der Waals surface area contributed by atoms with E-state index in [2.05, 4.69) is 5.32 Å². The molecule has 1 saturated heterocycles. The second-order valence-electron chi connectivity index (χ2n) is 5.90. The summed E-state index contributed by atoms with van der Waals surface area (Å²) >= 11 is 6.19. The first-order chi connectivity index (χ1) is 13.7. The van der Waals surface area contributed by atoms with Crippen molar-refractivity contribution in [2.75, 3.05) is 11.9 Å². The highest BCUT2D eigenvalue weighted by molar-refractivity contribution is 8.26. The third-order valence-corrected chi connectivity index (χ3v) is 5.23. The summed E-state index contributed by atoms with van der Waals surface area (Å²) in [6.07, 6.45) is 1.55. The van der Waals surface area contributed by atoms with Crippen LogP contribution < -0.4 is 5.32 Å². The quantitative estimate of drug-likeness (QED) is 0.379. The molecule has 0 aliphatic carbocycles. The molecular formula is C19H13FN2O5S2. The van der Waals surface area contributed by atoms with Gasteiger partial charge in [-0.3, -0.25) is 14.5 Å². The fourth-order valence-corrected chi connectivity index (χ4v) is 3.73. The molecule has 1 aliphatic rings. The second-order valence-corrected chi connectivity index (χ2v) is 7.58. The average Bonchev–Trinajstić information content (AvgIpc) is 2.92. The van der Waals surface area contributed by atoms with E-state index in [1.807, 2.05) is 0 Å². The Bertz CT molecular complexity index is 1050. The Morgan fingerprint density at radius 1 is 1.21 bits per heavy atom. The van der Waals surface area contributed by atoms with E-state index in [-0.39, 0.29) is 22.1 Å². The maximum absolute atomic E-state index is 13.0. The van der Waals surface area contributed by atoms with Gasteiger partial charge in [0.05, 0.1) is 4.91 Å². The van der Waals surface area contributed by atoms with Gasteiger partial charge in [-0.2, -0.15) is 0 Å². The molecular weight excluding hydrogens is 419 g/mol. The number of anilines is 1. The summed E-state index contributed by atoms with van der Waals surface area (Å²) < 4.78 is 13.2. The van der Waals surface area contributed by atoms with Crippen molar-refractivity contribution in [3.05, 3.63) is 64.3 Å². The van der Waals surface area contributed by atoms with E-state index in [1.54, 1.807) is 6.08 Å². The van der Waals surface area contributed by atoms with Crippen LogP contribution in [-0.2, 0) is 9.59 Å². The third kappa shape index (κ3) is 4.79. The zero-order chi connectivity index (χ0) is 21.1. The van der Waals surface area contributed by atoms with E-state index < -0.39 is 29.4 Å². The Balaban J connectivity index is 1.70. The van der Waals surface area contributed by atoms with Crippen LogP contribution in [0.3, 0.4) is 0 Å². The molecule has 7 nitrogen and oxygen atoms in total. The van der Waals surface area contributed by atoms with Gasteiger partial charge in [0.1, 0.15) is 28.0 Å². The zero-order valence-electron chi connectivity index (χ0n) is 14.6. The lowest BCUT2D eigenvalue weighted by atomic mass is 10.2. The highest BCUT2D eigenvalue weighted by Crippen LogP contribution is 2.32. The van der Waals surface area contributed by atoms with Gasteiger partial charge in [-0.25, -0.2) is 9.18 Å². The molecule has 29 heavy (non-hydrogen) atoms. The molecule has 0 unspecified atom stereocenters. The normalized spacial score (nSPS) is 15.1. The van der Waals surface area contributed by atoms with Crippen LogP contribution in [0.1, 0.15) is 15.9 Å². The Kier molecular flexibility index (Phi) is 5.95. The van der Waals surface area contributed by atoms with Gasteiger partial charge in [-0.05, 0) is 42.0 Å². The smallest absolute Gasteiger partial charge is 0.339 e. The van der Waals surface area contributed by atoms with Crippen LogP contribution in [0.25, 0.3) is 6.08 Å². The van der Waals surface area contributed by atoms with Crippen LogP contribution in [0.4, 0.5) is 10.1 Å². The summed E-state index contributed by atoms with van der Waals surface area (Å²) in [5, 5.41) is 21.0. The molecule has 2 aromatic rings. The minimum Gasteiger partial charge on any atom is -0.507 e. The summed E-state index contributed by atoms with van der Waals surface area (Å²) in [5.74, 6) is -3.23. The largest absolute Gasteiger partial charge is 0.507 e. The maximum atomic E-state index is 13.0.